The third-order valence-corrected chi connectivity index (χ3v) is 2.56. The van der Waals surface area contributed by atoms with E-state index in [2.05, 4.69) is 9.72 Å². The van der Waals surface area contributed by atoms with E-state index in [4.69, 9.17) is 10.5 Å². The monoisotopic (exact) mass is 237 g/mol. The molecule has 1 aromatic heterocycles. The van der Waals surface area contributed by atoms with E-state index in [1.807, 2.05) is 4.90 Å². The van der Waals surface area contributed by atoms with Crippen molar-refractivity contribution >= 4 is 17.5 Å². The van der Waals surface area contributed by atoms with Crippen LogP contribution in [0.15, 0.2) is 12.1 Å². The number of methoxy groups -OCH3 is 1. The van der Waals surface area contributed by atoms with Gasteiger partial charge in [-0.15, -0.1) is 0 Å². The molecule has 1 saturated heterocycles. The lowest BCUT2D eigenvalue weighted by molar-refractivity contribution is 0.0594. The van der Waals surface area contributed by atoms with Gasteiger partial charge in [0.2, 0.25) is 0 Å². The Balaban J connectivity index is 2.27. The van der Waals surface area contributed by atoms with Gasteiger partial charge in [0.05, 0.1) is 20.3 Å². The number of esters is 1. The SMILES string of the molecule is COC(=O)c1cc(N)cc(N2CCOCC2)n1. The Morgan fingerprint density at radius 3 is 2.82 bits per heavy atom. The smallest absolute Gasteiger partial charge is 0.356 e. The van der Waals surface area contributed by atoms with Crippen molar-refractivity contribution in [3.8, 4) is 0 Å². The number of nitrogen functional groups attached to an aromatic ring is 1. The average molecular weight is 237 g/mol. The molecule has 92 valence electrons. The summed E-state index contributed by atoms with van der Waals surface area (Å²) in [6.07, 6.45) is 0. The van der Waals surface area contributed by atoms with Gasteiger partial charge in [0, 0.05) is 24.8 Å². The quantitative estimate of drug-likeness (QED) is 0.745. The van der Waals surface area contributed by atoms with E-state index < -0.39 is 5.97 Å². The van der Waals surface area contributed by atoms with E-state index >= 15 is 0 Å². The van der Waals surface area contributed by atoms with Gasteiger partial charge in [-0.2, -0.15) is 0 Å². The number of carbonyl (C=O) groups is 1. The van der Waals surface area contributed by atoms with Crippen LogP contribution < -0.4 is 10.6 Å². The van der Waals surface area contributed by atoms with Gasteiger partial charge in [-0.3, -0.25) is 0 Å². The zero-order valence-electron chi connectivity index (χ0n) is 9.68. The first-order valence-corrected chi connectivity index (χ1v) is 5.39. The molecule has 0 aliphatic carbocycles. The van der Waals surface area contributed by atoms with Crippen LogP contribution in [0.1, 0.15) is 10.5 Å². The van der Waals surface area contributed by atoms with Crippen molar-refractivity contribution in [3.63, 3.8) is 0 Å². The van der Waals surface area contributed by atoms with Gasteiger partial charge in [0.1, 0.15) is 5.82 Å². The first-order chi connectivity index (χ1) is 8.20. The minimum Gasteiger partial charge on any atom is -0.464 e. The number of nitrogens with two attached hydrogens (primary N) is 1. The van der Waals surface area contributed by atoms with E-state index in [0.29, 0.717) is 24.7 Å². The first-order valence-electron chi connectivity index (χ1n) is 5.39. The van der Waals surface area contributed by atoms with E-state index in [1.165, 1.54) is 13.2 Å². The van der Waals surface area contributed by atoms with Gasteiger partial charge < -0.3 is 20.1 Å². The highest BCUT2D eigenvalue weighted by Gasteiger charge is 2.16. The highest BCUT2D eigenvalue weighted by Crippen LogP contribution is 2.18. The van der Waals surface area contributed by atoms with Crippen molar-refractivity contribution < 1.29 is 14.3 Å². The van der Waals surface area contributed by atoms with Gasteiger partial charge in [-0.25, -0.2) is 9.78 Å². The number of morpholine rings is 1. The fourth-order valence-electron chi connectivity index (χ4n) is 1.70. The fraction of sp³-hybridized carbons (Fsp3) is 0.455. The van der Waals surface area contributed by atoms with Crippen LogP contribution in [0.3, 0.4) is 0 Å². The molecule has 1 aliphatic heterocycles. The average Bonchev–Trinajstić information content (AvgIpc) is 2.38. The number of pyridine rings is 1. The number of hydrogen-bond acceptors (Lipinski definition) is 6. The molecular weight excluding hydrogens is 222 g/mol. The summed E-state index contributed by atoms with van der Waals surface area (Å²) in [6.45, 7) is 2.81. The zero-order valence-corrected chi connectivity index (χ0v) is 9.68. The largest absolute Gasteiger partial charge is 0.464 e. The van der Waals surface area contributed by atoms with Gasteiger partial charge in [-0.1, -0.05) is 0 Å². The third kappa shape index (κ3) is 2.65. The number of nitrogens with zero attached hydrogens (tertiary/aromatic N) is 2. The molecule has 0 amide bonds. The summed E-state index contributed by atoms with van der Waals surface area (Å²) in [5.41, 5.74) is 6.49. The lowest BCUT2D eigenvalue weighted by atomic mass is 10.3. The standard InChI is InChI=1S/C11H15N3O3/c1-16-11(15)9-6-8(12)7-10(13-9)14-2-4-17-5-3-14/h6-7H,2-5H2,1H3,(H2,12,13). The zero-order chi connectivity index (χ0) is 12.3. The van der Waals surface area contributed by atoms with Crippen molar-refractivity contribution in [1.82, 2.24) is 4.98 Å². The molecule has 0 spiro atoms. The molecule has 1 aliphatic rings. The summed E-state index contributed by atoms with van der Waals surface area (Å²) in [6, 6.07) is 3.26. The van der Waals surface area contributed by atoms with Crippen LogP contribution in [0.5, 0.6) is 0 Å². The molecular formula is C11H15N3O3. The number of rotatable bonds is 2. The molecule has 1 aromatic rings. The minimum atomic E-state index is -0.480. The third-order valence-electron chi connectivity index (χ3n) is 2.56. The van der Waals surface area contributed by atoms with E-state index in [-0.39, 0.29) is 5.69 Å². The van der Waals surface area contributed by atoms with Crippen molar-refractivity contribution in [2.45, 2.75) is 0 Å². The molecule has 2 N–H and O–H groups in total. The molecule has 2 rings (SSSR count). The molecule has 0 saturated carbocycles. The summed E-state index contributed by atoms with van der Waals surface area (Å²) < 4.78 is 9.89. The van der Waals surface area contributed by atoms with Crippen LogP contribution in [-0.2, 0) is 9.47 Å². The molecule has 17 heavy (non-hydrogen) atoms. The number of hydrogen-bond donors (Lipinski definition) is 1. The second-order valence-electron chi connectivity index (χ2n) is 3.73. The lowest BCUT2D eigenvalue weighted by Crippen LogP contribution is -2.37. The minimum absolute atomic E-state index is 0.231. The molecule has 1 fully saturated rings. The summed E-state index contributed by atoms with van der Waals surface area (Å²) >= 11 is 0. The highest BCUT2D eigenvalue weighted by molar-refractivity contribution is 5.88. The van der Waals surface area contributed by atoms with Crippen molar-refractivity contribution in [1.29, 1.82) is 0 Å². The summed E-state index contributed by atoms with van der Waals surface area (Å²) in [5, 5.41) is 0. The Labute approximate surface area is 99.3 Å². The van der Waals surface area contributed by atoms with Crippen LogP contribution in [0.25, 0.3) is 0 Å². The van der Waals surface area contributed by atoms with Gasteiger partial charge in [0.25, 0.3) is 0 Å². The Morgan fingerprint density at radius 2 is 2.18 bits per heavy atom. The van der Waals surface area contributed by atoms with Crippen LogP contribution in [0.4, 0.5) is 11.5 Å². The molecule has 2 heterocycles. The predicted molar refractivity (Wildman–Crippen MR) is 63.0 cm³/mol. The van der Waals surface area contributed by atoms with Crippen LogP contribution in [0.2, 0.25) is 0 Å². The summed E-state index contributed by atoms with van der Waals surface area (Å²) in [4.78, 5) is 17.7. The Morgan fingerprint density at radius 1 is 1.47 bits per heavy atom. The van der Waals surface area contributed by atoms with Crippen LogP contribution >= 0.6 is 0 Å². The summed E-state index contributed by atoms with van der Waals surface area (Å²) in [7, 11) is 1.32. The Hall–Kier alpha value is -1.82. The Kier molecular flexibility index (Phi) is 3.43. The highest BCUT2D eigenvalue weighted by atomic mass is 16.5. The maximum Gasteiger partial charge on any atom is 0.356 e. The summed E-state index contributed by atoms with van der Waals surface area (Å²) in [5.74, 6) is 0.209. The van der Waals surface area contributed by atoms with E-state index in [9.17, 15) is 4.79 Å². The van der Waals surface area contributed by atoms with Gasteiger partial charge in [-0.05, 0) is 6.07 Å². The van der Waals surface area contributed by atoms with Crippen LogP contribution in [-0.4, -0.2) is 44.4 Å². The van der Waals surface area contributed by atoms with Crippen molar-refractivity contribution in [2.75, 3.05) is 44.0 Å². The van der Waals surface area contributed by atoms with Crippen molar-refractivity contribution in [3.05, 3.63) is 17.8 Å². The molecule has 0 unspecified atom stereocenters. The number of carbonyl (C=O) groups excluding carboxylic acids is 1. The lowest BCUT2D eigenvalue weighted by Gasteiger charge is -2.28. The number of ether oxygens (including phenoxy) is 2. The number of anilines is 2. The predicted octanol–water partition coefficient (Wildman–Crippen LogP) is 0.287. The van der Waals surface area contributed by atoms with E-state index in [0.717, 1.165) is 13.1 Å². The molecule has 6 heteroatoms. The Bertz CT molecular complexity index is 416. The van der Waals surface area contributed by atoms with Crippen molar-refractivity contribution in [2.24, 2.45) is 0 Å². The number of aromatic nitrogens is 1. The van der Waals surface area contributed by atoms with Gasteiger partial charge >= 0.3 is 5.97 Å². The maximum atomic E-state index is 11.4. The van der Waals surface area contributed by atoms with E-state index in [1.54, 1.807) is 6.07 Å². The molecule has 0 bridgehead atoms. The maximum absolute atomic E-state index is 11.4. The molecule has 0 atom stereocenters. The normalized spacial score (nSPS) is 15.7. The topological polar surface area (TPSA) is 77.7 Å². The molecule has 0 aromatic carbocycles. The fourth-order valence-corrected chi connectivity index (χ4v) is 1.70. The second-order valence-corrected chi connectivity index (χ2v) is 3.73. The molecule has 6 nitrogen and oxygen atoms in total. The first kappa shape index (κ1) is 11.7. The van der Waals surface area contributed by atoms with Gasteiger partial charge in [0.15, 0.2) is 5.69 Å². The molecule has 0 radical (unpaired) electrons. The second kappa shape index (κ2) is 5.01. The van der Waals surface area contributed by atoms with Crippen LogP contribution in [0, 0.1) is 0 Å².